The number of carbonyl (C=O) groups is 2. The van der Waals surface area contributed by atoms with Crippen molar-refractivity contribution in [3.63, 3.8) is 0 Å². The number of para-hydroxylation sites is 2. The summed E-state index contributed by atoms with van der Waals surface area (Å²) in [6.07, 6.45) is 0.247. The molecule has 2 aromatic carbocycles. The fourth-order valence-corrected chi connectivity index (χ4v) is 2.92. The van der Waals surface area contributed by atoms with Gasteiger partial charge in [0.1, 0.15) is 11.5 Å². The zero-order valence-electron chi connectivity index (χ0n) is 14.7. The maximum atomic E-state index is 12.3. The molecule has 7 nitrogen and oxygen atoms in total. The van der Waals surface area contributed by atoms with Crippen molar-refractivity contribution in [1.29, 1.82) is 0 Å². The van der Waals surface area contributed by atoms with Gasteiger partial charge in [-0.1, -0.05) is 18.2 Å². The molecule has 3 amide bonds. The summed E-state index contributed by atoms with van der Waals surface area (Å²) in [5.41, 5.74) is 1.32. The molecule has 26 heavy (non-hydrogen) atoms. The van der Waals surface area contributed by atoms with Crippen molar-refractivity contribution in [3.05, 3.63) is 48.5 Å². The van der Waals surface area contributed by atoms with Crippen LogP contribution in [0.3, 0.4) is 0 Å². The molecule has 136 valence electrons. The molecule has 0 radical (unpaired) electrons. The second-order valence-electron chi connectivity index (χ2n) is 5.91. The van der Waals surface area contributed by atoms with Crippen LogP contribution in [0.25, 0.3) is 0 Å². The molecular weight excluding hydrogens is 334 g/mol. The van der Waals surface area contributed by atoms with Crippen LogP contribution < -0.4 is 25.0 Å². The number of methoxy groups -OCH3 is 2. The molecule has 0 spiro atoms. The van der Waals surface area contributed by atoms with Crippen molar-refractivity contribution < 1.29 is 19.1 Å². The fraction of sp³-hybridized carbons (Fsp3) is 0.263. The van der Waals surface area contributed by atoms with E-state index in [0.29, 0.717) is 23.7 Å². The summed E-state index contributed by atoms with van der Waals surface area (Å²) in [6, 6.07) is 13.8. The fourth-order valence-electron chi connectivity index (χ4n) is 2.92. The number of carbonyl (C=O) groups excluding carboxylic acids is 2. The average molecular weight is 355 g/mol. The molecule has 3 rings (SSSR count). The van der Waals surface area contributed by atoms with Crippen LogP contribution >= 0.6 is 0 Å². The second-order valence-corrected chi connectivity index (χ2v) is 5.91. The monoisotopic (exact) mass is 355 g/mol. The quantitative estimate of drug-likeness (QED) is 0.864. The van der Waals surface area contributed by atoms with Gasteiger partial charge in [0.25, 0.3) is 0 Å². The maximum absolute atomic E-state index is 12.3. The Morgan fingerprint density at radius 2 is 1.92 bits per heavy atom. The first kappa shape index (κ1) is 17.6. The number of ether oxygens (including phenoxy) is 2. The highest BCUT2D eigenvalue weighted by atomic mass is 16.5. The first-order valence-electron chi connectivity index (χ1n) is 8.25. The maximum Gasteiger partial charge on any atom is 0.319 e. The number of hydrogen-bond acceptors (Lipinski definition) is 4. The molecule has 0 bridgehead atoms. The van der Waals surface area contributed by atoms with Crippen molar-refractivity contribution in [3.8, 4) is 11.5 Å². The van der Waals surface area contributed by atoms with E-state index in [1.165, 1.54) is 0 Å². The zero-order valence-corrected chi connectivity index (χ0v) is 14.7. The number of anilines is 2. The molecule has 1 heterocycles. The first-order chi connectivity index (χ1) is 12.6. The van der Waals surface area contributed by atoms with Crippen molar-refractivity contribution >= 4 is 23.3 Å². The van der Waals surface area contributed by atoms with Crippen LogP contribution in [-0.2, 0) is 4.79 Å². The van der Waals surface area contributed by atoms with E-state index in [0.717, 1.165) is 5.69 Å². The van der Waals surface area contributed by atoms with Gasteiger partial charge in [-0.05, 0) is 24.3 Å². The minimum Gasteiger partial charge on any atom is -0.497 e. The second kappa shape index (κ2) is 7.77. The molecule has 2 N–H and O–H groups in total. The zero-order chi connectivity index (χ0) is 18.5. The predicted octanol–water partition coefficient (Wildman–Crippen LogP) is 2.63. The van der Waals surface area contributed by atoms with E-state index in [4.69, 9.17) is 9.47 Å². The minimum atomic E-state index is -0.375. The van der Waals surface area contributed by atoms with E-state index in [2.05, 4.69) is 10.6 Å². The topological polar surface area (TPSA) is 79.9 Å². The predicted molar refractivity (Wildman–Crippen MR) is 98.9 cm³/mol. The lowest BCUT2D eigenvalue weighted by Crippen LogP contribution is -2.39. The molecule has 0 aliphatic carbocycles. The number of hydrogen-bond donors (Lipinski definition) is 2. The van der Waals surface area contributed by atoms with Gasteiger partial charge in [-0.3, -0.25) is 4.79 Å². The van der Waals surface area contributed by atoms with Crippen molar-refractivity contribution in [2.45, 2.75) is 12.5 Å². The highest BCUT2D eigenvalue weighted by molar-refractivity contribution is 5.98. The SMILES string of the molecule is COc1cccc(N2CC(NC(=O)Nc3ccccc3OC)CC2=O)c1. The van der Waals surface area contributed by atoms with Crippen molar-refractivity contribution in [2.75, 3.05) is 31.0 Å². The van der Waals surface area contributed by atoms with E-state index in [1.807, 2.05) is 30.3 Å². The van der Waals surface area contributed by atoms with Gasteiger partial charge in [0.15, 0.2) is 0 Å². The Kier molecular flexibility index (Phi) is 5.26. The van der Waals surface area contributed by atoms with Crippen LogP contribution in [0.4, 0.5) is 16.2 Å². The van der Waals surface area contributed by atoms with Gasteiger partial charge in [-0.25, -0.2) is 4.79 Å². The molecule has 7 heteroatoms. The lowest BCUT2D eigenvalue weighted by molar-refractivity contribution is -0.117. The Labute approximate surface area is 151 Å². The van der Waals surface area contributed by atoms with E-state index < -0.39 is 0 Å². The Bertz CT molecular complexity index is 809. The summed E-state index contributed by atoms with van der Waals surface area (Å²) >= 11 is 0. The average Bonchev–Trinajstić information content (AvgIpc) is 3.02. The molecule has 0 aromatic heterocycles. The molecule has 1 saturated heterocycles. The third-order valence-electron chi connectivity index (χ3n) is 4.18. The van der Waals surface area contributed by atoms with Gasteiger partial charge in [0, 0.05) is 24.7 Å². The molecule has 1 aliphatic heterocycles. The molecule has 1 unspecified atom stereocenters. The Balaban J connectivity index is 1.62. The highest BCUT2D eigenvalue weighted by Crippen LogP contribution is 2.26. The van der Waals surface area contributed by atoms with Crippen LogP contribution in [0.2, 0.25) is 0 Å². The third-order valence-corrected chi connectivity index (χ3v) is 4.18. The summed E-state index contributed by atoms with van der Waals surface area (Å²) in [4.78, 5) is 26.2. The van der Waals surface area contributed by atoms with Gasteiger partial charge in [-0.2, -0.15) is 0 Å². The summed E-state index contributed by atoms with van der Waals surface area (Å²) in [5, 5.41) is 5.59. The van der Waals surface area contributed by atoms with Gasteiger partial charge in [0.2, 0.25) is 5.91 Å². The number of nitrogens with one attached hydrogen (secondary N) is 2. The minimum absolute atomic E-state index is 0.0409. The summed E-state index contributed by atoms with van der Waals surface area (Å²) in [7, 11) is 3.12. The Morgan fingerprint density at radius 3 is 2.69 bits per heavy atom. The lowest BCUT2D eigenvalue weighted by Gasteiger charge is -2.18. The van der Waals surface area contributed by atoms with Crippen LogP contribution in [-0.4, -0.2) is 38.7 Å². The van der Waals surface area contributed by atoms with Crippen molar-refractivity contribution in [1.82, 2.24) is 5.32 Å². The van der Waals surface area contributed by atoms with Crippen LogP contribution in [0.5, 0.6) is 11.5 Å². The largest absolute Gasteiger partial charge is 0.497 e. The number of urea groups is 1. The van der Waals surface area contributed by atoms with Gasteiger partial charge in [0.05, 0.1) is 25.9 Å². The lowest BCUT2D eigenvalue weighted by atomic mass is 10.2. The Morgan fingerprint density at radius 1 is 1.12 bits per heavy atom. The van der Waals surface area contributed by atoms with Crippen LogP contribution in [0, 0.1) is 0 Å². The van der Waals surface area contributed by atoms with Gasteiger partial charge >= 0.3 is 6.03 Å². The van der Waals surface area contributed by atoms with E-state index in [-0.39, 0.29) is 24.4 Å². The van der Waals surface area contributed by atoms with Crippen LogP contribution in [0.15, 0.2) is 48.5 Å². The number of amides is 3. The smallest absolute Gasteiger partial charge is 0.319 e. The van der Waals surface area contributed by atoms with E-state index in [1.54, 1.807) is 37.3 Å². The molecule has 0 saturated carbocycles. The molecular formula is C19H21N3O4. The van der Waals surface area contributed by atoms with E-state index in [9.17, 15) is 9.59 Å². The molecule has 1 atom stereocenters. The third kappa shape index (κ3) is 3.88. The summed E-state index contributed by atoms with van der Waals surface area (Å²) in [6.45, 7) is 0.408. The summed E-state index contributed by atoms with van der Waals surface area (Å²) < 4.78 is 10.4. The number of nitrogens with zero attached hydrogens (tertiary/aromatic N) is 1. The standard InChI is InChI=1S/C19H21N3O4/c1-25-15-7-5-6-14(11-15)22-12-13(10-18(22)23)20-19(24)21-16-8-3-4-9-17(16)26-2/h3-9,11,13H,10,12H2,1-2H3,(H2,20,21,24). The van der Waals surface area contributed by atoms with Crippen molar-refractivity contribution in [2.24, 2.45) is 0 Å². The normalized spacial score (nSPS) is 16.3. The number of rotatable bonds is 5. The number of benzene rings is 2. The van der Waals surface area contributed by atoms with Gasteiger partial charge in [-0.15, -0.1) is 0 Å². The molecule has 1 fully saturated rings. The molecule has 2 aromatic rings. The van der Waals surface area contributed by atoms with Crippen LogP contribution in [0.1, 0.15) is 6.42 Å². The van der Waals surface area contributed by atoms with Gasteiger partial charge < -0.3 is 25.0 Å². The highest BCUT2D eigenvalue weighted by Gasteiger charge is 2.31. The Hall–Kier alpha value is -3.22. The molecule has 1 aliphatic rings. The first-order valence-corrected chi connectivity index (χ1v) is 8.25. The van der Waals surface area contributed by atoms with E-state index >= 15 is 0 Å². The summed E-state index contributed by atoms with van der Waals surface area (Å²) in [5.74, 6) is 1.21.